The van der Waals surface area contributed by atoms with Gasteiger partial charge in [-0.3, -0.25) is 14.9 Å². The molecule has 5 heteroatoms. The fraction of sp³-hybridized carbons (Fsp3) is 0.800. The van der Waals surface area contributed by atoms with Gasteiger partial charge in [-0.05, 0) is 26.7 Å². The van der Waals surface area contributed by atoms with E-state index in [1.807, 2.05) is 11.8 Å². The molecule has 1 atom stereocenters. The molecule has 0 saturated heterocycles. The molecule has 1 saturated carbocycles. The van der Waals surface area contributed by atoms with Gasteiger partial charge < -0.3 is 10.6 Å². The summed E-state index contributed by atoms with van der Waals surface area (Å²) in [5.74, 6) is -0.384. The Balaban J connectivity index is 2.30. The van der Waals surface area contributed by atoms with Crippen molar-refractivity contribution in [3.8, 4) is 0 Å². The lowest BCUT2D eigenvalue weighted by Gasteiger charge is -2.21. The van der Waals surface area contributed by atoms with Crippen LogP contribution in [0.3, 0.4) is 0 Å². The Labute approximate surface area is 90.0 Å². The summed E-state index contributed by atoms with van der Waals surface area (Å²) in [6.07, 6.45) is 2.20. The zero-order chi connectivity index (χ0) is 11.4. The van der Waals surface area contributed by atoms with Gasteiger partial charge in [0.2, 0.25) is 11.8 Å². The average Bonchev–Trinajstić information content (AvgIpc) is 2.99. The smallest absolute Gasteiger partial charge is 0.236 e. The van der Waals surface area contributed by atoms with Crippen molar-refractivity contribution in [1.29, 1.82) is 0 Å². The molecule has 0 aromatic carbocycles. The van der Waals surface area contributed by atoms with E-state index < -0.39 is 11.9 Å². The van der Waals surface area contributed by atoms with Crippen molar-refractivity contribution in [2.75, 3.05) is 13.1 Å². The molecule has 0 aliphatic heterocycles. The van der Waals surface area contributed by atoms with Gasteiger partial charge in [0, 0.05) is 12.6 Å². The van der Waals surface area contributed by atoms with E-state index in [1.54, 1.807) is 6.92 Å². The molecule has 5 nitrogen and oxygen atoms in total. The van der Waals surface area contributed by atoms with E-state index in [2.05, 4.69) is 5.32 Å². The molecule has 0 spiro atoms. The van der Waals surface area contributed by atoms with Gasteiger partial charge >= 0.3 is 0 Å². The number of nitrogens with two attached hydrogens (primary N) is 1. The zero-order valence-electron chi connectivity index (χ0n) is 9.32. The molecule has 0 heterocycles. The van der Waals surface area contributed by atoms with Gasteiger partial charge in [-0.15, -0.1) is 0 Å². The number of amides is 2. The second-order valence-electron chi connectivity index (χ2n) is 3.92. The second-order valence-corrected chi connectivity index (χ2v) is 3.92. The van der Waals surface area contributed by atoms with Crippen LogP contribution < -0.4 is 11.1 Å². The van der Waals surface area contributed by atoms with Crippen molar-refractivity contribution in [3.05, 3.63) is 0 Å². The van der Waals surface area contributed by atoms with E-state index in [1.165, 1.54) is 0 Å². The lowest BCUT2D eigenvalue weighted by Crippen LogP contribution is -2.45. The van der Waals surface area contributed by atoms with Gasteiger partial charge in [-0.25, -0.2) is 0 Å². The summed E-state index contributed by atoms with van der Waals surface area (Å²) in [6.45, 7) is 4.54. The number of primary amides is 1. The molecule has 0 radical (unpaired) electrons. The van der Waals surface area contributed by atoms with Gasteiger partial charge in [0.25, 0.3) is 0 Å². The van der Waals surface area contributed by atoms with Crippen molar-refractivity contribution in [2.24, 2.45) is 5.73 Å². The number of nitrogens with one attached hydrogen (secondary N) is 1. The van der Waals surface area contributed by atoms with Crippen LogP contribution in [0.1, 0.15) is 26.7 Å². The van der Waals surface area contributed by atoms with Gasteiger partial charge in [0.15, 0.2) is 0 Å². The number of rotatable bonds is 6. The maximum Gasteiger partial charge on any atom is 0.236 e. The SMILES string of the molecule is CCN(C(=O)CNC(C)C(N)=O)C1CC1. The van der Waals surface area contributed by atoms with Crippen LogP contribution in [0, 0.1) is 0 Å². The van der Waals surface area contributed by atoms with Crippen LogP contribution in [0.4, 0.5) is 0 Å². The number of hydrogen-bond donors (Lipinski definition) is 2. The molecule has 1 aliphatic rings. The largest absolute Gasteiger partial charge is 0.368 e. The van der Waals surface area contributed by atoms with Gasteiger partial charge in [0.05, 0.1) is 12.6 Å². The molecule has 1 rings (SSSR count). The van der Waals surface area contributed by atoms with Crippen LogP contribution in [-0.4, -0.2) is 41.9 Å². The minimum atomic E-state index is -0.452. The fourth-order valence-electron chi connectivity index (χ4n) is 1.47. The monoisotopic (exact) mass is 213 g/mol. The Morgan fingerprint density at radius 3 is 2.53 bits per heavy atom. The van der Waals surface area contributed by atoms with Crippen molar-refractivity contribution >= 4 is 11.8 Å². The van der Waals surface area contributed by atoms with Crippen LogP contribution in [-0.2, 0) is 9.59 Å². The molecule has 1 fully saturated rings. The van der Waals surface area contributed by atoms with Gasteiger partial charge in [-0.1, -0.05) is 0 Å². The summed E-state index contributed by atoms with van der Waals surface area (Å²) in [4.78, 5) is 24.3. The van der Waals surface area contributed by atoms with Crippen LogP contribution in [0.15, 0.2) is 0 Å². The predicted molar refractivity (Wildman–Crippen MR) is 57.1 cm³/mol. The third-order valence-electron chi connectivity index (χ3n) is 2.63. The maximum absolute atomic E-state index is 11.7. The Morgan fingerprint density at radius 1 is 1.53 bits per heavy atom. The van der Waals surface area contributed by atoms with E-state index in [9.17, 15) is 9.59 Å². The summed E-state index contributed by atoms with van der Waals surface area (Å²) >= 11 is 0. The van der Waals surface area contributed by atoms with Crippen LogP contribution in [0.25, 0.3) is 0 Å². The lowest BCUT2D eigenvalue weighted by molar-refractivity contribution is -0.130. The minimum absolute atomic E-state index is 0.0492. The third-order valence-corrected chi connectivity index (χ3v) is 2.63. The van der Waals surface area contributed by atoms with Gasteiger partial charge in [-0.2, -0.15) is 0 Å². The summed E-state index contributed by atoms with van der Waals surface area (Å²) in [7, 11) is 0. The molecule has 0 aromatic rings. The Morgan fingerprint density at radius 2 is 2.13 bits per heavy atom. The highest BCUT2D eigenvalue weighted by molar-refractivity contribution is 5.82. The molecule has 2 amide bonds. The first-order valence-electron chi connectivity index (χ1n) is 5.38. The molecule has 3 N–H and O–H groups in total. The predicted octanol–water partition coefficient (Wildman–Crippen LogP) is -0.539. The van der Waals surface area contributed by atoms with Crippen molar-refractivity contribution in [3.63, 3.8) is 0 Å². The van der Waals surface area contributed by atoms with E-state index >= 15 is 0 Å². The van der Waals surface area contributed by atoms with Gasteiger partial charge in [0.1, 0.15) is 0 Å². The number of carbonyl (C=O) groups excluding carboxylic acids is 2. The highest BCUT2D eigenvalue weighted by atomic mass is 16.2. The third kappa shape index (κ3) is 3.51. The highest BCUT2D eigenvalue weighted by Crippen LogP contribution is 2.26. The zero-order valence-corrected chi connectivity index (χ0v) is 9.32. The summed E-state index contributed by atoms with van der Waals surface area (Å²) in [5, 5.41) is 2.81. The molecule has 1 aliphatic carbocycles. The molecule has 86 valence electrons. The fourth-order valence-corrected chi connectivity index (χ4v) is 1.47. The topological polar surface area (TPSA) is 75.4 Å². The Bertz CT molecular complexity index is 251. The Hall–Kier alpha value is -1.10. The van der Waals surface area contributed by atoms with Crippen LogP contribution in [0.5, 0.6) is 0 Å². The van der Waals surface area contributed by atoms with Crippen LogP contribution in [0.2, 0.25) is 0 Å². The van der Waals surface area contributed by atoms with E-state index in [-0.39, 0.29) is 12.5 Å². The van der Waals surface area contributed by atoms with E-state index in [0.717, 1.165) is 19.4 Å². The number of nitrogens with zero attached hydrogens (tertiary/aromatic N) is 1. The van der Waals surface area contributed by atoms with Crippen molar-refractivity contribution in [2.45, 2.75) is 38.8 Å². The molecule has 1 unspecified atom stereocenters. The molecule has 0 bridgehead atoms. The molecule has 0 aromatic heterocycles. The molecular formula is C10H19N3O2. The minimum Gasteiger partial charge on any atom is -0.368 e. The first-order chi connectivity index (χ1) is 7.06. The second kappa shape index (κ2) is 5.11. The maximum atomic E-state index is 11.7. The first kappa shape index (κ1) is 12.0. The molecular weight excluding hydrogens is 194 g/mol. The summed E-state index contributed by atoms with van der Waals surface area (Å²) in [6, 6.07) is -0.0277. The van der Waals surface area contributed by atoms with Crippen molar-refractivity contribution < 1.29 is 9.59 Å². The van der Waals surface area contributed by atoms with Crippen molar-refractivity contribution in [1.82, 2.24) is 10.2 Å². The molecule has 15 heavy (non-hydrogen) atoms. The standard InChI is InChI=1S/C10H19N3O2/c1-3-13(8-4-5-8)9(14)6-12-7(2)10(11)15/h7-8,12H,3-6H2,1-2H3,(H2,11,15). The lowest BCUT2D eigenvalue weighted by atomic mass is 10.3. The first-order valence-corrected chi connectivity index (χ1v) is 5.38. The average molecular weight is 213 g/mol. The van der Waals surface area contributed by atoms with Crippen LogP contribution >= 0.6 is 0 Å². The highest BCUT2D eigenvalue weighted by Gasteiger charge is 2.31. The number of hydrogen-bond acceptors (Lipinski definition) is 3. The summed E-state index contributed by atoms with van der Waals surface area (Å²) < 4.78 is 0. The van der Waals surface area contributed by atoms with E-state index in [4.69, 9.17) is 5.73 Å². The summed E-state index contributed by atoms with van der Waals surface area (Å²) in [5.41, 5.74) is 5.08. The van der Waals surface area contributed by atoms with E-state index in [0.29, 0.717) is 6.04 Å². The number of likely N-dealkylation sites (N-methyl/N-ethyl adjacent to an activating group) is 1. The Kier molecular flexibility index (Phi) is 4.08. The quantitative estimate of drug-likeness (QED) is 0.622. The number of carbonyl (C=O) groups is 2. The normalized spacial score (nSPS) is 17.2.